The molecule has 0 radical (unpaired) electrons. The van der Waals surface area contributed by atoms with Gasteiger partial charge in [-0.25, -0.2) is 0 Å². The maximum absolute atomic E-state index is 12.2. The lowest BCUT2D eigenvalue weighted by molar-refractivity contribution is -0.151. The van der Waals surface area contributed by atoms with Crippen LogP contribution in [0.3, 0.4) is 0 Å². The predicted molar refractivity (Wildman–Crippen MR) is 95.8 cm³/mol. The van der Waals surface area contributed by atoms with Crippen molar-refractivity contribution in [1.29, 1.82) is 0 Å². The van der Waals surface area contributed by atoms with E-state index >= 15 is 0 Å². The van der Waals surface area contributed by atoms with Crippen molar-refractivity contribution in [3.05, 3.63) is 17.7 Å². The first-order valence-corrected chi connectivity index (χ1v) is 8.81. The predicted octanol–water partition coefficient (Wildman–Crippen LogP) is 2.20. The maximum Gasteiger partial charge on any atom is 0.310 e. The number of methoxy groups -OCH3 is 3. The summed E-state index contributed by atoms with van der Waals surface area (Å²) in [5.41, 5.74) is 0.659. The van der Waals surface area contributed by atoms with Crippen molar-refractivity contribution in [2.45, 2.75) is 32.1 Å². The summed E-state index contributed by atoms with van der Waals surface area (Å²) in [5, 5.41) is 0. The second kappa shape index (κ2) is 9.89. The summed E-state index contributed by atoms with van der Waals surface area (Å²) >= 11 is 0. The largest absolute Gasteiger partial charge is 0.493 e. The van der Waals surface area contributed by atoms with Crippen molar-refractivity contribution >= 4 is 11.9 Å². The van der Waals surface area contributed by atoms with Crippen LogP contribution < -0.4 is 14.2 Å². The van der Waals surface area contributed by atoms with Crippen LogP contribution in [0.4, 0.5) is 0 Å². The van der Waals surface area contributed by atoms with Crippen LogP contribution in [0.25, 0.3) is 0 Å². The molecule has 0 atom stereocenters. The second-order valence-corrected chi connectivity index (χ2v) is 6.17. The number of likely N-dealkylation sites (tertiary alicyclic amines) is 1. The molecule has 0 saturated carbocycles. The summed E-state index contributed by atoms with van der Waals surface area (Å²) in [6.45, 7) is 1.26. The third kappa shape index (κ3) is 5.28. The average molecular weight is 365 g/mol. The molecule has 0 spiro atoms. The zero-order valence-corrected chi connectivity index (χ0v) is 15.7. The first-order chi connectivity index (χ1) is 12.6. The van der Waals surface area contributed by atoms with Gasteiger partial charge in [0.1, 0.15) is 0 Å². The molecule has 144 valence electrons. The number of hydrogen-bond acceptors (Lipinski definition) is 6. The van der Waals surface area contributed by atoms with E-state index in [1.165, 1.54) is 21.3 Å². The van der Waals surface area contributed by atoms with Gasteiger partial charge in [0.25, 0.3) is 5.91 Å². The lowest BCUT2D eigenvalue weighted by Gasteiger charge is -2.20. The van der Waals surface area contributed by atoms with Crippen molar-refractivity contribution < 1.29 is 28.5 Å². The van der Waals surface area contributed by atoms with E-state index in [1.807, 2.05) is 0 Å². The van der Waals surface area contributed by atoms with Crippen LogP contribution in [-0.4, -0.2) is 57.8 Å². The van der Waals surface area contributed by atoms with Crippen LogP contribution in [0, 0.1) is 0 Å². The Hall–Kier alpha value is -2.44. The van der Waals surface area contributed by atoms with E-state index in [1.54, 1.807) is 17.0 Å². The summed E-state index contributed by atoms with van der Waals surface area (Å²) in [6, 6.07) is 3.39. The number of nitrogens with zero attached hydrogens (tertiary/aromatic N) is 1. The molecular formula is C19H27NO6. The number of carbonyl (C=O) groups is 2. The van der Waals surface area contributed by atoms with Gasteiger partial charge in [0.2, 0.25) is 5.75 Å². The van der Waals surface area contributed by atoms with Crippen molar-refractivity contribution in [1.82, 2.24) is 4.90 Å². The molecule has 1 aliphatic rings. The zero-order valence-electron chi connectivity index (χ0n) is 15.7. The molecular weight excluding hydrogens is 338 g/mol. The highest BCUT2D eigenvalue weighted by Gasteiger charge is 2.19. The molecule has 1 amide bonds. The van der Waals surface area contributed by atoms with Gasteiger partial charge >= 0.3 is 5.97 Å². The minimum absolute atomic E-state index is 0.0179. The third-order valence-electron chi connectivity index (χ3n) is 4.39. The Morgan fingerprint density at radius 2 is 1.50 bits per heavy atom. The molecule has 0 bridgehead atoms. The van der Waals surface area contributed by atoms with E-state index in [0.29, 0.717) is 22.8 Å². The number of benzene rings is 1. The van der Waals surface area contributed by atoms with Crippen molar-refractivity contribution in [2.24, 2.45) is 0 Å². The average Bonchev–Trinajstić information content (AvgIpc) is 2.94. The number of ether oxygens (including phenoxy) is 4. The van der Waals surface area contributed by atoms with Gasteiger partial charge in [0.05, 0.1) is 27.8 Å². The molecule has 0 aromatic heterocycles. The number of esters is 1. The van der Waals surface area contributed by atoms with Gasteiger partial charge in [-0.3, -0.25) is 9.59 Å². The summed E-state index contributed by atoms with van der Waals surface area (Å²) in [6.07, 6.45) is 4.32. The number of rotatable bonds is 7. The lowest BCUT2D eigenvalue weighted by Crippen LogP contribution is -2.35. The molecule has 1 saturated heterocycles. The van der Waals surface area contributed by atoms with E-state index in [2.05, 4.69) is 0 Å². The molecule has 1 heterocycles. The third-order valence-corrected chi connectivity index (χ3v) is 4.39. The van der Waals surface area contributed by atoms with E-state index in [9.17, 15) is 9.59 Å². The van der Waals surface area contributed by atoms with Gasteiger partial charge < -0.3 is 23.8 Å². The molecule has 26 heavy (non-hydrogen) atoms. The van der Waals surface area contributed by atoms with E-state index in [4.69, 9.17) is 18.9 Å². The van der Waals surface area contributed by atoms with Gasteiger partial charge in [-0.2, -0.15) is 0 Å². The molecule has 7 heteroatoms. The molecule has 7 nitrogen and oxygen atoms in total. The van der Waals surface area contributed by atoms with Crippen LogP contribution >= 0.6 is 0 Å². The fourth-order valence-electron chi connectivity index (χ4n) is 3.01. The van der Waals surface area contributed by atoms with Crippen LogP contribution in [0.1, 0.15) is 31.2 Å². The monoisotopic (exact) mass is 365 g/mol. The highest BCUT2D eigenvalue weighted by Crippen LogP contribution is 2.38. The van der Waals surface area contributed by atoms with Gasteiger partial charge in [0, 0.05) is 13.1 Å². The molecule has 1 fully saturated rings. The SMILES string of the molecule is COc1cc(CC(=O)OCC(=O)N2CCCCCC2)cc(OC)c1OC. The summed E-state index contributed by atoms with van der Waals surface area (Å²) in [7, 11) is 4.54. The Balaban J connectivity index is 1.93. The van der Waals surface area contributed by atoms with E-state index in [-0.39, 0.29) is 18.9 Å². The van der Waals surface area contributed by atoms with Gasteiger partial charge in [-0.1, -0.05) is 12.8 Å². The topological polar surface area (TPSA) is 74.3 Å². The minimum Gasteiger partial charge on any atom is -0.493 e. The number of hydrogen-bond donors (Lipinski definition) is 0. The standard InChI is InChI=1S/C19H27NO6/c1-23-15-10-14(11-16(24-2)19(15)25-3)12-18(22)26-13-17(21)20-8-6-4-5-7-9-20/h10-11H,4-9,12-13H2,1-3H3. The van der Waals surface area contributed by atoms with Crippen LogP contribution in [0.2, 0.25) is 0 Å². The van der Waals surface area contributed by atoms with Crippen LogP contribution in [-0.2, 0) is 20.7 Å². The van der Waals surface area contributed by atoms with Gasteiger partial charge in [-0.05, 0) is 30.5 Å². The molecule has 1 aliphatic heterocycles. The fraction of sp³-hybridized carbons (Fsp3) is 0.579. The molecule has 0 aliphatic carbocycles. The van der Waals surface area contributed by atoms with Crippen molar-refractivity contribution in [3.8, 4) is 17.2 Å². The minimum atomic E-state index is -0.470. The number of carbonyl (C=O) groups excluding carboxylic acids is 2. The molecule has 2 rings (SSSR count). The first-order valence-electron chi connectivity index (χ1n) is 8.81. The quantitative estimate of drug-likeness (QED) is 0.690. The Morgan fingerprint density at radius 1 is 0.923 bits per heavy atom. The maximum atomic E-state index is 12.2. The van der Waals surface area contributed by atoms with Crippen molar-refractivity contribution in [2.75, 3.05) is 41.0 Å². The van der Waals surface area contributed by atoms with E-state index in [0.717, 1.165) is 38.8 Å². The highest BCUT2D eigenvalue weighted by atomic mass is 16.5. The Labute approximate surface area is 154 Å². The smallest absolute Gasteiger partial charge is 0.310 e. The summed E-state index contributed by atoms with van der Waals surface area (Å²) in [4.78, 5) is 26.1. The normalized spacial score (nSPS) is 14.3. The lowest BCUT2D eigenvalue weighted by atomic mass is 10.1. The Morgan fingerprint density at radius 3 is 2.00 bits per heavy atom. The van der Waals surface area contributed by atoms with Gasteiger partial charge in [0.15, 0.2) is 18.1 Å². The molecule has 1 aromatic rings. The Kier molecular flexibility index (Phi) is 7.56. The fourth-order valence-corrected chi connectivity index (χ4v) is 3.01. The molecule has 0 unspecified atom stereocenters. The molecule has 0 N–H and O–H groups in total. The van der Waals surface area contributed by atoms with E-state index < -0.39 is 5.97 Å². The number of amides is 1. The zero-order chi connectivity index (χ0) is 18.9. The molecule has 1 aromatic carbocycles. The summed E-state index contributed by atoms with van der Waals surface area (Å²) in [5.74, 6) is 0.793. The van der Waals surface area contributed by atoms with Crippen molar-refractivity contribution in [3.63, 3.8) is 0 Å². The van der Waals surface area contributed by atoms with Gasteiger partial charge in [-0.15, -0.1) is 0 Å². The van der Waals surface area contributed by atoms with Crippen LogP contribution in [0.5, 0.6) is 17.2 Å². The highest BCUT2D eigenvalue weighted by molar-refractivity contribution is 5.81. The Bertz CT molecular complexity index is 597. The first kappa shape index (κ1) is 19.9. The van der Waals surface area contributed by atoms with Crippen LogP contribution in [0.15, 0.2) is 12.1 Å². The second-order valence-electron chi connectivity index (χ2n) is 6.17. The summed E-state index contributed by atoms with van der Waals surface area (Å²) < 4.78 is 21.0.